The molecule has 0 radical (unpaired) electrons. The van der Waals surface area contributed by atoms with E-state index < -0.39 is 0 Å². The fraction of sp³-hybridized carbons (Fsp3) is 0.167. The van der Waals surface area contributed by atoms with Crippen molar-refractivity contribution in [2.45, 2.75) is 19.8 Å². The van der Waals surface area contributed by atoms with Crippen molar-refractivity contribution < 1.29 is 0 Å². The number of halogens is 1. The van der Waals surface area contributed by atoms with Gasteiger partial charge in [0, 0.05) is 5.02 Å². The van der Waals surface area contributed by atoms with Crippen molar-refractivity contribution in [3.63, 3.8) is 0 Å². The van der Waals surface area contributed by atoms with Crippen LogP contribution in [0, 0.1) is 11.3 Å². The Morgan fingerprint density at radius 3 is 2.40 bits per heavy atom. The number of hydrogen-bond acceptors (Lipinski definition) is 1. The van der Waals surface area contributed by atoms with Gasteiger partial charge >= 0.3 is 0 Å². The van der Waals surface area contributed by atoms with E-state index >= 15 is 0 Å². The molecule has 0 amide bonds. The van der Waals surface area contributed by atoms with Crippen LogP contribution in [0.1, 0.15) is 36.5 Å². The average molecular weight is 282 g/mol. The molecular weight excluding hydrogens is 266 g/mol. The summed E-state index contributed by atoms with van der Waals surface area (Å²) < 4.78 is 0. The summed E-state index contributed by atoms with van der Waals surface area (Å²) in [4.78, 5) is 0. The standard InChI is InChI=1S/C18H16ClN/c1-13(2)15-8-6-14(7-9-15)10-17(12-20)16-4-3-5-18(19)11-16/h3-11,13H,1-2H3/b17-10+. The highest BCUT2D eigenvalue weighted by Crippen LogP contribution is 2.22. The fourth-order valence-corrected chi connectivity index (χ4v) is 2.17. The number of allylic oxidation sites excluding steroid dienone is 1. The highest BCUT2D eigenvalue weighted by Gasteiger charge is 2.03. The summed E-state index contributed by atoms with van der Waals surface area (Å²) in [5, 5.41) is 9.95. The second-order valence-corrected chi connectivity index (χ2v) is 5.44. The summed E-state index contributed by atoms with van der Waals surface area (Å²) in [7, 11) is 0. The number of nitriles is 1. The molecule has 0 fully saturated rings. The zero-order valence-electron chi connectivity index (χ0n) is 11.6. The molecule has 2 aromatic carbocycles. The van der Waals surface area contributed by atoms with Crippen LogP contribution < -0.4 is 0 Å². The van der Waals surface area contributed by atoms with Crippen LogP contribution in [0.25, 0.3) is 11.6 Å². The van der Waals surface area contributed by atoms with Gasteiger partial charge in [-0.05, 0) is 40.8 Å². The molecule has 0 aliphatic rings. The predicted molar refractivity (Wildman–Crippen MR) is 85.5 cm³/mol. The smallest absolute Gasteiger partial charge is 0.0998 e. The van der Waals surface area contributed by atoms with E-state index in [1.807, 2.05) is 30.3 Å². The second kappa shape index (κ2) is 6.41. The Morgan fingerprint density at radius 1 is 1.15 bits per heavy atom. The van der Waals surface area contributed by atoms with E-state index in [4.69, 9.17) is 11.6 Å². The molecule has 2 aromatic rings. The van der Waals surface area contributed by atoms with Crippen LogP contribution in [0.2, 0.25) is 5.02 Å². The molecule has 0 heterocycles. The van der Waals surface area contributed by atoms with Crippen molar-refractivity contribution in [2.75, 3.05) is 0 Å². The maximum Gasteiger partial charge on any atom is 0.0998 e. The van der Waals surface area contributed by atoms with Crippen LogP contribution >= 0.6 is 11.6 Å². The molecule has 0 spiro atoms. The van der Waals surface area contributed by atoms with Crippen LogP contribution in [0.3, 0.4) is 0 Å². The third-order valence-corrected chi connectivity index (χ3v) is 3.41. The molecule has 0 aromatic heterocycles. The third kappa shape index (κ3) is 3.50. The number of benzene rings is 2. The predicted octanol–water partition coefficient (Wildman–Crippen LogP) is 5.53. The minimum Gasteiger partial charge on any atom is -0.192 e. The zero-order valence-corrected chi connectivity index (χ0v) is 12.4. The van der Waals surface area contributed by atoms with Crippen LogP contribution in [-0.2, 0) is 0 Å². The van der Waals surface area contributed by atoms with E-state index in [2.05, 4.69) is 32.0 Å². The molecular formula is C18H16ClN. The van der Waals surface area contributed by atoms with Crippen molar-refractivity contribution in [2.24, 2.45) is 0 Å². The zero-order chi connectivity index (χ0) is 14.5. The second-order valence-electron chi connectivity index (χ2n) is 5.00. The van der Waals surface area contributed by atoms with E-state index in [0.29, 0.717) is 16.5 Å². The lowest BCUT2D eigenvalue weighted by Gasteiger charge is -2.05. The number of hydrogen-bond donors (Lipinski definition) is 0. The van der Waals surface area contributed by atoms with E-state index in [0.717, 1.165) is 11.1 Å². The summed E-state index contributed by atoms with van der Waals surface area (Å²) in [6.07, 6.45) is 1.88. The fourth-order valence-electron chi connectivity index (χ4n) is 1.98. The Kier molecular flexibility index (Phi) is 4.61. The molecule has 20 heavy (non-hydrogen) atoms. The largest absolute Gasteiger partial charge is 0.192 e. The van der Waals surface area contributed by atoms with Gasteiger partial charge in [0.05, 0.1) is 11.6 Å². The summed E-state index contributed by atoms with van der Waals surface area (Å²) in [6, 6.07) is 17.9. The van der Waals surface area contributed by atoms with Crippen LogP contribution in [-0.4, -0.2) is 0 Å². The van der Waals surface area contributed by atoms with E-state index in [1.165, 1.54) is 5.56 Å². The minimum absolute atomic E-state index is 0.511. The first kappa shape index (κ1) is 14.4. The monoisotopic (exact) mass is 281 g/mol. The van der Waals surface area contributed by atoms with Crippen LogP contribution in [0.5, 0.6) is 0 Å². The Bertz CT molecular complexity index is 661. The SMILES string of the molecule is CC(C)c1ccc(/C=C(\C#N)c2cccc(Cl)c2)cc1. The molecule has 0 aliphatic heterocycles. The van der Waals surface area contributed by atoms with E-state index in [9.17, 15) is 5.26 Å². The van der Waals surface area contributed by atoms with Gasteiger partial charge < -0.3 is 0 Å². The van der Waals surface area contributed by atoms with Crippen molar-refractivity contribution in [3.8, 4) is 6.07 Å². The minimum atomic E-state index is 0.511. The molecule has 0 N–H and O–H groups in total. The summed E-state index contributed by atoms with van der Waals surface area (Å²) in [6.45, 7) is 4.33. The average Bonchev–Trinajstić information content (AvgIpc) is 2.45. The molecule has 100 valence electrons. The van der Waals surface area contributed by atoms with Crippen molar-refractivity contribution in [3.05, 3.63) is 70.2 Å². The Labute approximate surface area is 125 Å². The van der Waals surface area contributed by atoms with Crippen LogP contribution in [0.15, 0.2) is 48.5 Å². The van der Waals surface area contributed by atoms with Gasteiger partial charge in [0.2, 0.25) is 0 Å². The molecule has 2 rings (SSSR count). The molecule has 0 saturated carbocycles. The molecule has 0 bridgehead atoms. The maximum atomic E-state index is 9.31. The summed E-state index contributed by atoms with van der Waals surface area (Å²) in [5.41, 5.74) is 3.77. The Hall–Kier alpha value is -2.04. The lowest BCUT2D eigenvalue weighted by Crippen LogP contribution is -1.87. The summed E-state index contributed by atoms with van der Waals surface area (Å²) >= 11 is 5.97. The van der Waals surface area contributed by atoms with Gasteiger partial charge in [-0.25, -0.2) is 0 Å². The van der Waals surface area contributed by atoms with Gasteiger partial charge in [-0.1, -0.05) is 61.8 Å². The van der Waals surface area contributed by atoms with Gasteiger partial charge in [-0.2, -0.15) is 5.26 Å². The molecule has 0 saturated heterocycles. The highest BCUT2D eigenvalue weighted by atomic mass is 35.5. The first-order valence-electron chi connectivity index (χ1n) is 6.58. The van der Waals surface area contributed by atoms with E-state index in [-0.39, 0.29) is 0 Å². The Morgan fingerprint density at radius 2 is 1.85 bits per heavy atom. The van der Waals surface area contributed by atoms with Crippen molar-refractivity contribution >= 4 is 23.3 Å². The lowest BCUT2D eigenvalue weighted by atomic mass is 9.99. The topological polar surface area (TPSA) is 23.8 Å². The van der Waals surface area contributed by atoms with Gasteiger partial charge in [-0.3, -0.25) is 0 Å². The van der Waals surface area contributed by atoms with Crippen molar-refractivity contribution in [1.82, 2.24) is 0 Å². The van der Waals surface area contributed by atoms with Gasteiger partial charge in [0.1, 0.15) is 0 Å². The first-order chi connectivity index (χ1) is 9.60. The first-order valence-corrected chi connectivity index (χ1v) is 6.95. The number of nitrogens with zero attached hydrogens (tertiary/aromatic N) is 1. The molecule has 0 unspecified atom stereocenters. The summed E-state index contributed by atoms with van der Waals surface area (Å²) in [5.74, 6) is 0.511. The van der Waals surface area contributed by atoms with Gasteiger partial charge in [-0.15, -0.1) is 0 Å². The third-order valence-electron chi connectivity index (χ3n) is 3.17. The molecule has 2 heteroatoms. The molecule has 1 nitrogen and oxygen atoms in total. The van der Waals surface area contributed by atoms with Gasteiger partial charge in [0.25, 0.3) is 0 Å². The van der Waals surface area contributed by atoms with Gasteiger partial charge in [0.15, 0.2) is 0 Å². The lowest BCUT2D eigenvalue weighted by molar-refractivity contribution is 0.866. The van der Waals surface area contributed by atoms with Crippen LogP contribution in [0.4, 0.5) is 0 Å². The highest BCUT2D eigenvalue weighted by molar-refractivity contribution is 6.30. The quantitative estimate of drug-likeness (QED) is 0.536. The molecule has 0 atom stereocenters. The Balaban J connectivity index is 2.34. The molecule has 0 aliphatic carbocycles. The maximum absolute atomic E-state index is 9.31. The van der Waals surface area contributed by atoms with E-state index in [1.54, 1.807) is 12.1 Å². The number of rotatable bonds is 3. The normalized spacial score (nSPS) is 11.4. The van der Waals surface area contributed by atoms with Crippen molar-refractivity contribution in [1.29, 1.82) is 5.26 Å².